The number of ether oxygens (including phenoxy) is 1. The van der Waals surface area contributed by atoms with E-state index in [4.69, 9.17) is 4.74 Å². The molecule has 0 aliphatic carbocycles. The van der Waals surface area contributed by atoms with Crippen molar-refractivity contribution in [2.45, 2.75) is 38.3 Å². The monoisotopic (exact) mass is 260 g/mol. The lowest BCUT2D eigenvalue weighted by Crippen LogP contribution is -2.40. The van der Waals surface area contributed by atoms with E-state index in [0.29, 0.717) is 0 Å². The smallest absolute Gasteiger partial charge is 0.246 e. The number of hydrogen-bond acceptors (Lipinski definition) is 4. The Labute approximate surface area is 108 Å². The molecule has 1 aliphatic heterocycles. The van der Waals surface area contributed by atoms with Crippen molar-refractivity contribution in [2.24, 2.45) is 0 Å². The largest absolute Gasteiger partial charge is 0.368 e. The molecular formula is C12H24N2O2S. The number of piperidine rings is 1. The van der Waals surface area contributed by atoms with E-state index in [1.165, 1.54) is 0 Å². The molecule has 1 amide bonds. The summed E-state index contributed by atoms with van der Waals surface area (Å²) in [4.78, 5) is 11.7. The summed E-state index contributed by atoms with van der Waals surface area (Å²) < 4.78 is 5.61. The fraction of sp³-hybridized carbons (Fsp3) is 0.917. The van der Waals surface area contributed by atoms with Gasteiger partial charge >= 0.3 is 0 Å². The number of carbonyl (C=O) groups is 1. The molecule has 0 saturated carbocycles. The maximum absolute atomic E-state index is 11.7. The minimum absolute atomic E-state index is 0.0180. The molecule has 0 aromatic heterocycles. The highest BCUT2D eigenvalue weighted by molar-refractivity contribution is 7.98. The Morgan fingerprint density at radius 2 is 2.24 bits per heavy atom. The molecule has 0 radical (unpaired) electrons. The van der Waals surface area contributed by atoms with Crippen LogP contribution < -0.4 is 10.6 Å². The molecular weight excluding hydrogens is 236 g/mol. The number of carbonyl (C=O) groups excluding carboxylic acids is 1. The van der Waals surface area contributed by atoms with Crippen LogP contribution in [-0.4, -0.2) is 49.8 Å². The van der Waals surface area contributed by atoms with Crippen LogP contribution in [0.5, 0.6) is 0 Å². The molecule has 17 heavy (non-hydrogen) atoms. The van der Waals surface area contributed by atoms with Gasteiger partial charge in [-0.25, -0.2) is 0 Å². The Morgan fingerprint density at radius 1 is 1.53 bits per heavy atom. The summed E-state index contributed by atoms with van der Waals surface area (Å²) in [6, 6.07) is 0.272. The van der Waals surface area contributed by atoms with Crippen LogP contribution in [-0.2, 0) is 9.53 Å². The molecule has 0 spiro atoms. The number of nitrogens with one attached hydrogen (secondary N) is 2. The van der Waals surface area contributed by atoms with Crippen LogP contribution in [0.4, 0.5) is 0 Å². The Kier molecular flexibility index (Phi) is 7.64. The zero-order valence-corrected chi connectivity index (χ0v) is 11.6. The summed E-state index contributed by atoms with van der Waals surface area (Å²) >= 11 is 1.76. The molecule has 1 heterocycles. The molecule has 0 aromatic carbocycles. The van der Waals surface area contributed by atoms with Gasteiger partial charge in [0, 0.05) is 11.8 Å². The lowest BCUT2D eigenvalue weighted by molar-refractivity contribution is -0.128. The van der Waals surface area contributed by atoms with E-state index >= 15 is 0 Å². The van der Waals surface area contributed by atoms with Gasteiger partial charge in [-0.2, -0.15) is 11.8 Å². The van der Waals surface area contributed by atoms with Crippen molar-refractivity contribution >= 4 is 17.7 Å². The van der Waals surface area contributed by atoms with Gasteiger partial charge in [-0.1, -0.05) is 6.92 Å². The van der Waals surface area contributed by atoms with E-state index in [2.05, 4.69) is 23.8 Å². The Balaban J connectivity index is 2.14. The molecule has 1 saturated heterocycles. The van der Waals surface area contributed by atoms with Gasteiger partial charge < -0.3 is 15.4 Å². The highest BCUT2D eigenvalue weighted by Crippen LogP contribution is 2.07. The van der Waals surface area contributed by atoms with Crippen LogP contribution in [0.25, 0.3) is 0 Å². The first-order valence-electron chi connectivity index (χ1n) is 6.36. The zero-order chi connectivity index (χ0) is 12.5. The molecule has 100 valence electrons. The van der Waals surface area contributed by atoms with Crippen LogP contribution in [0.15, 0.2) is 0 Å². The topological polar surface area (TPSA) is 50.4 Å². The van der Waals surface area contributed by atoms with Crippen LogP contribution in [0, 0.1) is 0 Å². The van der Waals surface area contributed by atoms with Crippen molar-refractivity contribution in [3.05, 3.63) is 0 Å². The summed E-state index contributed by atoms with van der Waals surface area (Å²) in [6.07, 6.45) is 5.30. The number of rotatable bonds is 7. The normalized spacial score (nSPS) is 18.9. The summed E-state index contributed by atoms with van der Waals surface area (Å²) in [6.45, 7) is 4.29. The van der Waals surface area contributed by atoms with Crippen molar-refractivity contribution in [1.29, 1.82) is 0 Å². The summed E-state index contributed by atoms with van der Waals surface area (Å²) in [7, 11) is 0. The average Bonchev–Trinajstić information content (AvgIpc) is 2.37. The van der Waals surface area contributed by atoms with Crippen molar-refractivity contribution in [1.82, 2.24) is 10.6 Å². The number of hydrogen-bond donors (Lipinski definition) is 2. The number of thioether (sulfide) groups is 1. The van der Waals surface area contributed by atoms with Gasteiger partial charge in [-0.05, 0) is 38.6 Å². The van der Waals surface area contributed by atoms with Gasteiger partial charge in [0.15, 0.2) is 0 Å². The first kappa shape index (κ1) is 14.8. The highest BCUT2D eigenvalue weighted by Gasteiger charge is 2.16. The van der Waals surface area contributed by atoms with Gasteiger partial charge in [0.05, 0.1) is 6.10 Å². The van der Waals surface area contributed by atoms with E-state index in [1.807, 2.05) is 0 Å². The van der Waals surface area contributed by atoms with E-state index < -0.39 is 0 Å². The quantitative estimate of drug-likeness (QED) is 0.717. The third-order valence-corrected chi connectivity index (χ3v) is 3.70. The maximum Gasteiger partial charge on any atom is 0.246 e. The summed E-state index contributed by atoms with van der Waals surface area (Å²) in [5.74, 6) is 0.986. The molecule has 2 N–H and O–H groups in total. The molecule has 1 rings (SSSR count). The SMILES string of the molecule is CCC(CSC)NC(=O)COC1CCNCC1. The predicted molar refractivity (Wildman–Crippen MR) is 72.4 cm³/mol. The fourth-order valence-electron chi connectivity index (χ4n) is 1.89. The number of amides is 1. The first-order chi connectivity index (χ1) is 8.26. The van der Waals surface area contributed by atoms with Gasteiger partial charge in [0.2, 0.25) is 5.91 Å². The Bertz CT molecular complexity index is 221. The van der Waals surface area contributed by atoms with Gasteiger partial charge in [-0.15, -0.1) is 0 Å². The standard InChI is InChI=1S/C12H24N2O2S/c1-3-10(9-17-2)14-12(15)8-16-11-4-6-13-7-5-11/h10-11,13H,3-9H2,1-2H3,(H,14,15). The van der Waals surface area contributed by atoms with Crippen LogP contribution in [0.1, 0.15) is 26.2 Å². The van der Waals surface area contributed by atoms with Crippen molar-refractivity contribution in [3.63, 3.8) is 0 Å². The molecule has 4 nitrogen and oxygen atoms in total. The fourth-order valence-corrected chi connectivity index (χ4v) is 2.61. The van der Waals surface area contributed by atoms with Crippen LogP contribution >= 0.6 is 11.8 Å². The highest BCUT2D eigenvalue weighted by atomic mass is 32.2. The van der Waals surface area contributed by atoms with E-state index in [-0.39, 0.29) is 24.7 Å². The lowest BCUT2D eigenvalue weighted by atomic mass is 10.1. The molecule has 1 atom stereocenters. The maximum atomic E-state index is 11.7. The third kappa shape index (κ3) is 6.29. The van der Waals surface area contributed by atoms with E-state index in [1.54, 1.807) is 11.8 Å². The second-order valence-corrected chi connectivity index (χ2v) is 5.30. The molecule has 0 aromatic rings. The second-order valence-electron chi connectivity index (χ2n) is 4.39. The summed E-state index contributed by atoms with van der Waals surface area (Å²) in [5, 5.41) is 6.28. The molecule has 1 fully saturated rings. The van der Waals surface area contributed by atoms with Gasteiger partial charge in [0.1, 0.15) is 6.61 Å². The zero-order valence-electron chi connectivity index (χ0n) is 10.8. The third-order valence-electron chi connectivity index (χ3n) is 2.96. The van der Waals surface area contributed by atoms with Gasteiger partial charge in [-0.3, -0.25) is 4.79 Å². The second kappa shape index (κ2) is 8.78. The molecule has 1 unspecified atom stereocenters. The molecule has 0 bridgehead atoms. The Morgan fingerprint density at radius 3 is 2.82 bits per heavy atom. The summed E-state index contributed by atoms with van der Waals surface area (Å²) in [5.41, 5.74) is 0. The van der Waals surface area contributed by atoms with E-state index in [9.17, 15) is 4.79 Å². The van der Waals surface area contributed by atoms with E-state index in [0.717, 1.165) is 38.1 Å². The minimum atomic E-state index is 0.0180. The minimum Gasteiger partial charge on any atom is -0.368 e. The molecule has 1 aliphatic rings. The van der Waals surface area contributed by atoms with Crippen LogP contribution in [0.3, 0.4) is 0 Å². The first-order valence-corrected chi connectivity index (χ1v) is 7.76. The Hall–Kier alpha value is -0.260. The van der Waals surface area contributed by atoms with Crippen molar-refractivity contribution in [3.8, 4) is 0 Å². The average molecular weight is 260 g/mol. The van der Waals surface area contributed by atoms with Gasteiger partial charge in [0.25, 0.3) is 0 Å². The van der Waals surface area contributed by atoms with Crippen molar-refractivity contribution in [2.75, 3.05) is 31.7 Å². The van der Waals surface area contributed by atoms with Crippen LogP contribution in [0.2, 0.25) is 0 Å². The predicted octanol–water partition coefficient (Wildman–Crippen LogP) is 1.01. The lowest BCUT2D eigenvalue weighted by Gasteiger charge is -2.23. The van der Waals surface area contributed by atoms with Crippen molar-refractivity contribution < 1.29 is 9.53 Å². The molecule has 5 heteroatoms.